The van der Waals surface area contributed by atoms with Gasteiger partial charge in [-0.05, 0) is 43.0 Å². The van der Waals surface area contributed by atoms with E-state index in [1.54, 1.807) is 0 Å². The molecule has 0 radical (unpaired) electrons. The molecule has 1 aromatic heterocycles. The average molecular weight is 271 g/mol. The lowest BCUT2D eigenvalue weighted by Crippen LogP contribution is -2.24. The van der Waals surface area contributed by atoms with Crippen LogP contribution in [0, 0.1) is 6.92 Å². The van der Waals surface area contributed by atoms with Crippen LogP contribution in [0.15, 0.2) is 36.7 Å². The Labute approximate surface area is 122 Å². The summed E-state index contributed by atoms with van der Waals surface area (Å²) in [5.74, 6) is 0.506. The summed E-state index contributed by atoms with van der Waals surface area (Å²) in [5, 5.41) is 7.84. The van der Waals surface area contributed by atoms with E-state index in [2.05, 4.69) is 54.7 Å². The van der Waals surface area contributed by atoms with Crippen LogP contribution >= 0.6 is 0 Å². The maximum atomic E-state index is 4.28. The molecule has 0 aliphatic carbocycles. The molecule has 0 spiro atoms. The first-order chi connectivity index (χ1) is 9.70. The van der Waals surface area contributed by atoms with Gasteiger partial charge < -0.3 is 5.32 Å². The van der Waals surface area contributed by atoms with Crippen LogP contribution in [0.25, 0.3) is 0 Å². The lowest BCUT2D eigenvalue weighted by atomic mass is 9.90. The number of aromatic nitrogens is 2. The van der Waals surface area contributed by atoms with Crippen molar-refractivity contribution in [1.82, 2.24) is 15.1 Å². The van der Waals surface area contributed by atoms with Gasteiger partial charge in [0, 0.05) is 25.7 Å². The van der Waals surface area contributed by atoms with Crippen LogP contribution in [-0.4, -0.2) is 22.9 Å². The molecule has 0 saturated carbocycles. The summed E-state index contributed by atoms with van der Waals surface area (Å²) in [6, 6.07) is 8.70. The molecule has 3 nitrogen and oxygen atoms in total. The molecule has 0 fully saturated rings. The number of nitrogens with zero attached hydrogens (tertiary/aromatic N) is 2. The predicted octanol–water partition coefficient (Wildman–Crippen LogP) is 3.05. The van der Waals surface area contributed by atoms with E-state index in [0.29, 0.717) is 5.92 Å². The molecule has 1 atom stereocenters. The highest BCUT2D eigenvalue weighted by Crippen LogP contribution is 2.23. The van der Waals surface area contributed by atoms with Crippen LogP contribution in [0.5, 0.6) is 0 Å². The normalized spacial score (nSPS) is 12.6. The first-order valence-electron chi connectivity index (χ1n) is 7.44. The van der Waals surface area contributed by atoms with Gasteiger partial charge in [0.2, 0.25) is 0 Å². The van der Waals surface area contributed by atoms with E-state index in [9.17, 15) is 0 Å². The second-order valence-electron chi connectivity index (χ2n) is 5.48. The van der Waals surface area contributed by atoms with Crippen molar-refractivity contribution in [2.75, 3.05) is 13.1 Å². The van der Waals surface area contributed by atoms with E-state index in [-0.39, 0.29) is 0 Å². The Morgan fingerprint density at radius 3 is 2.75 bits per heavy atom. The van der Waals surface area contributed by atoms with Gasteiger partial charge in [0.25, 0.3) is 0 Å². The SMILES string of the molecule is CCCNCC(Cc1cnn(C)c1)c1ccccc1C. The number of nitrogens with one attached hydrogen (secondary N) is 1. The van der Waals surface area contributed by atoms with E-state index < -0.39 is 0 Å². The summed E-state index contributed by atoms with van der Waals surface area (Å²) in [4.78, 5) is 0. The van der Waals surface area contributed by atoms with Gasteiger partial charge in [-0.25, -0.2) is 0 Å². The third kappa shape index (κ3) is 3.94. The molecule has 1 N–H and O–H groups in total. The smallest absolute Gasteiger partial charge is 0.0521 e. The molecule has 0 aliphatic heterocycles. The number of benzene rings is 1. The summed E-state index contributed by atoms with van der Waals surface area (Å²) in [6.07, 6.45) is 6.30. The van der Waals surface area contributed by atoms with Gasteiger partial charge in [-0.3, -0.25) is 4.68 Å². The molecule has 0 amide bonds. The quantitative estimate of drug-likeness (QED) is 0.784. The fourth-order valence-corrected chi connectivity index (χ4v) is 2.65. The second-order valence-corrected chi connectivity index (χ2v) is 5.48. The first-order valence-corrected chi connectivity index (χ1v) is 7.44. The molecule has 2 rings (SSSR count). The topological polar surface area (TPSA) is 29.9 Å². The van der Waals surface area contributed by atoms with E-state index in [0.717, 1.165) is 19.5 Å². The van der Waals surface area contributed by atoms with Gasteiger partial charge in [-0.1, -0.05) is 31.2 Å². The van der Waals surface area contributed by atoms with Gasteiger partial charge in [-0.2, -0.15) is 5.10 Å². The standard InChI is InChI=1S/C17H25N3/c1-4-9-18-12-16(10-15-11-19-20(3)13-15)17-8-6-5-7-14(17)2/h5-8,11,13,16,18H,4,9-10,12H2,1-3H3. The maximum absolute atomic E-state index is 4.28. The molecule has 0 saturated heterocycles. The van der Waals surface area contributed by atoms with E-state index in [4.69, 9.17) is 0 Å². The first kappa shape index (κ1) is 14.8. The predicted molar refractivity (Wildman–Crippen MR) is 84.0 cm³/mol. The molecule has 1 aromatic carbocycles. The Kier molecular flexibility index (Phi) is 5.36. The second kappa shape index (κ2) is 7.25. The fraction of sp³-hybridized carbons (Fsp3) is 0.471. The fourth-order valence-electron chi connectivity index (χ4n) is 2.65. The zero-order valence-electron chi connectivity index (χ0n) is 12.8. The molecule has 0 bridgehead atoms. The molecule has 3 heteroatoms. The van der Waals surface area contributed by atoms with Crippen molar-refractivity contribution in [2.24, 2.45) is 7.05 Å². The van der Waals surface area contributed by atoms with Gasteiger partial charge >= 0.3 is 0 Å². The zero-order valence-corrected chi connectivity index (χ0v) is 12.8. The van der Waals surface area contributed by atoms with Gasteiger partial charge in [0.1, 0.15) is 0 Å². The number of aryl methyl sites for hydroxylation is 2. The Hall–Kier alpha value is -1.61. The number of rotatable bonds is 7. The lowest BCUT2D eigenvalue weighted by Gasteiger charge is -2.19. The molecular formula is C17H25N3. The maximum Gasteiger partial charge on any atom is 0.0521 e. The van der Waals surface area contributed by atoms with Crippen molar-refractivity contribution < 1.29 is 0 Å². The van der Waals surface area contributed by atoms with Crippen LogP contribution in [0.1, 0.15) is 36.0 Å². The summed E-state index contributed by atoms with van der Waals surface area (Å²) < 4.78 is 1.88. The number of hydrogen-bond donors (Lipinski definition) is 1. The van der Waals surface area contributed by atoms with E-state index in [1.165, 1.54) is 23.1 Å². The van der Waals surface area contributed by atoms with Crippen LogP contribution < -0.4 is 5.32 Å². The Morgan fingerprint density at radius 2 is 2.10 bits per heavy atom. The van der Waals surface area contributed by atoms with Gasteiger partial charge in [0.05, 0.1) is 6.20 Å². The highest BCUT2D eigenvalue weighted by Gasteiger charge is 2.14. The van der Waals surface area contributed by atoms with E-state index >= 15 is 0 Å². The summed E-state index contributed by atoms with van der Waals surface area (Å²) in [6.45, 7) is 6.51. The van der Waals surface area contributed by atoms with Crippen molar-refractivity contribution in [3.8, 4) is 0 Å². The summed E-state index contributed by atoms with van der Waals surface area (Å²) in [7, 11) is 1.97. The minimum absolute atomic E-state index is 0.506. The Bertz CT molecular complexity index is 531. The van der Waals surface area contributed by atoms with Crippen LogP contribution in [0.2, 0.25) is 0 Å². The Morgan fingerprint density at radius 1 is 1.30 bits per heavy atom. The van der Waals surface area contributed by atoms with Crippen molar-refractivity contribution in [2.45, 2.75) is 32.6 Å². The van der Waals surface area contributed by atoms with Crippen LogP contribution in [0.3, 0.4) is 0 Å². The molecule has 1 unspecified atom stereocenters. The largest absolute Gasteiger partial charge is 0.316 e. The van der Waals surface area contributed by atoms with Crippen molar-refractivity contribution >= 4 is 0 Å². The minimum atomic E-state index is 0.506. The average Bonchev–Trinajstić information content (AvgIpc) is 2.84. The summed E-state index contributed by atoms with van der Waals surface area (Å²) in [5.41, 5.74) is 4.12. The monoisotopic (exact) mass is 271 g/mol. The third-order valence-electron chi connectivity index (χ3n) is 3.69. The van der Waals surface area contributed by atoms with E-state index in [1.807, 2.05) is 17.9 Å². The Balaban J connectivity index is 2.13. The van der Waals surface area contributed by atoms with Gasteiger partial charge in [-0.15, -0.1) is 0 Å². The van der Waals surface area contributed by atoms with Crippen molar-refractivity contribution in [3.05, 3.63) is 53.3 Å². The number of hydrogen-bond acceptors (Lipinski definition) is 2. The minimum Gasteiger partial charge on any atom is -0.316 e. The molecule has 2 aromatic rings. The van der Waals surface area contributed by atoms with Gasteiger partial charge in [0.15, 0.2) is 0 Å². The van der Waals surface area contributed by atoms with Crippen LogP contribution in [-0.2, 0) is 13.5 Å². The molecule has 1 heterocycles. The molecular weight excluding hydrogens is 246 g/mol. The molecule has 0 aliphatic rings. The molecule has 20 heavy (non-hydrogen) atoms. The molecule has 108 valence electrons. The summed E-state index contributed by atoms with van der Waals surface area (Å²) >= 11 is 0. The van der Waals surface area contributed by atoms with Crippen molar-refractivity contribution in [3.63, 3.8) is 0 Å². The lowest BCUT2D eigenvalue weighted by molar-refractivity contribution is 0.574. The van der Waals surface area contributed by atoms with Crippen molar-refractivity contribution in [1.29, 1.82) is 0 Å². The third-order valence-corrected chi connectivity index (χ3v) is 3.69. The highest BCUT2D eigenvalue weighted by atomic mass is 15.2. The highest BCUT2D eigenvalue weighted by molar-refractivity contribution is 5.31. The zero-order chi connectivity index (χ0) is 14.4. The van der Waals surface area contributed by atoms with Crippen LogP contribution in [0.4, 0.5) is 0 Å².